The molecule has 0 unspecified atom stereocenters. The molecule has 0 bridgehead atoms. The monoisotopic (exact) mass is 494 g/mol. The van der Waals surface area contributed by atoms with Gasteiger partial charge in [-0.05, 0) is 31.1 Å². The zero-order valence-electron chi connectivity index (χ0n) is 20.4. The number of carbonyl (C=O) groups excluding carboxylic acids is 1. The van der Waals surface area contributed by atoms with Crippen molar-refractivity contribution in [1.29, 1.82) is 0 Å². The first-order chi connectivity index (χ1) is 16.6. The summed E-state index contributed by atoms with van der Waals surface area (Å²) in [6, 6.07) is 16.9. The van der Waals surface area contributed by atoms with Crippen LogP contribution in [0.1, 0.15) is 36.3 Å². The first-order valence-electron chi connectivity index (χ1n) is 12.0. The van der Waals surface area contributed by atoms with Crippen LogP contribution in [0.4, 0.5) is 9.80 Å². The first-order valence-corrected chi connectivity index (χ1v) is 15.0. The minimum atomic E-state index is -3.19. The van der Waals surface area contributed by atoms with Gasteiger partial charge in [0.1, 0.15) is 11.8 Å². The number of nitrogens with zero attached hydrogens (tertiary/aromatic N) is 4. The first kappa shape index (κ1) is 23.8. The summed E-state index contributed by atoms with van der Waals surface area (Å²) >= 11 is 0. The van der Waals surface area contributed by atoms with Crippen molar-refractivity contribution in [3.8, 4) is 0 Å². The number of aromatic nitrogens is 3. The normalized spacial score (nSPS) is 27.0. The molecule has 1 fully saturated rings. The topological polar surface area (TPSA) is 80.5 Å². The second kappa shape index (κ2) is 8.65. The number of carbonyl (C=O) groups is 1. The molecule has 1 amide bonds. The van der Waals surface area contributed by atoms with Crippen LogP contribution in [-0.4, -0.2) is 47.6 Å². The Balaban J connectivity index is 1.40. The fourth-order valence-corrected chi connectivity index (χ4v) is 8.53. The number of halogens is 1. The summed E-state index contributed by atoms with van der Waals surface area (Å²) < 4.78 is 24.0. The molecule has 1 saturated heterocycles. The van der Waals surface area contributed by atoms with Crippen molar-refractivity contribution >= 4 is 20.0 Å². The van der Waals surface area contributed by atoms with Crippen LogP contribution in [0.25, 0.3) is 0 Å². The Morgan fingerprint density at radius 1 is 1.17 bits per heavy atom. The van der Waals surface area contributed by atoms with E-state index in [0.29, 0.717) is 18.7 Å². The van der Waals surface area contributed by atoms with E-state index in [1.165, 1.54) is 0 Å². The summed E-state index contributed by atoms with van der Waals surface area (Å²) in [5, 5.41) is 18.9. The van der Waals surface area contributed by atoms with E-state index in [1.807, 2.05) is 61.5 Å². The van der Waals surface area contributed by atoms with Crippen LogP contribution in [0.15, 0.2) is 60.8 Å². The van der Waals surface area contributed by atoms with Gasteiger partial charge in [0, 0.05) is 30.6 Å². The number of aryl methyl sites for hydroxylation is 1. The molecule has 0 saturated carbocycles. The summed E-state index contributed by atoms with van der Waals surface area (Å²) in [6.07, 6.45) is 0.888. The Morgan fingerprint density at radius 3 is 2.57 bits per heavy atom. The molecular formula is C26H31FN4O3Si. The highest BCUT2D eigenvalue weighted by Gasteiger charge is 2.66. The predicted octanol–water partition coefficient (Wildman–Crippen LogP) is 4.20. The molecule has 1 aromatic heterocycles. The van der Waals surface area contributed by atoms with Crippen molar-refractivity contribution in [1.82, 2.24) is 15.0 Å². The molecule has 1 N–H and O–H groups in total. The number of hydrogen-bond acceptors (Lipinski definition) is 5. The lowest BCUT2D eigenvalue weighted by Crippen LogP contribution is -2.44. The smallest absolute Gasteiger partial charge is 0.264 e. The van der Waals surface area contributed by atoms with E-state index < -0.39 is 26.2 Å². The third-order valence-corrected chi connectivity index (χ3v) is 10.0. The fraction of sp³-hybridized carbons (Fsp3) is 0.423. The second-order valence-corrected chi connectivity index (χ2v) is 14.0. The lowest BCUT2D eigenvalue weighted by Gasteiger charge is -2.30. The van der Waals surface area contributed by atoms with Crippen LogP contribution in [-0.2, 0) is 21.7 Å². The number of anilines is 1. The van der Waals surface area contributed by atoms with E-state index >= 15 is 4.11 Å². The molecule has 3 aromatic rings. The maximum absolute atomic E-state index is 15.7. The summed E-state index contributed by atoms with van der Waals surface area (Å²) in [5.41, 5.74) is 1.30. The Kier molecular flexibility index (Phi) is 5.89. The molecule has 9 heteroatoms. The molecule has 184 valence electrons. The molecule has 1 spiro atoms. The summed E-state index contributed by atoms with van der Waals surface area (Å²) in [7, 11) is -1.44. The lowest BCUT2D eigenvalue weighted by atomic mass is 9.82. The van der Waals surface area contributed by atoms with Crippen molar-refractivity contribution in [2.45, 2.75) is 56.3 Å². The molecule has 35 heavy (non-hydrogen) atoms. The number of benzene rings is 2. The Bertz CT molecular complexity index is 1230. The number of ether oxygens (including phenoxy) is 1. The number of aliphatic hydroxyl groups is 1. The average molecular weight is 495 g/mol. The van der Waals surface area contributed by atoms with Crippen LogP contribution in [0.5, 0.6) is 0 Å². The molecule has 0 aliphatic carbocycles. The van der Waals surface area contributed by atoms with Crippen molar-refractivity contribution in [3.63, 3.8) is 0 Å². The number of para-hydroxylation sites is 1. The molecule has 7 nitrogen and oxygen atoms in total. The summed E-state index contributed by atoms with van der Waals surface area (Å²) in [4.78, 5) is 15.2. The standard InChI is InChI=1S/C26H31FN4O3Si/c1-17-24(35(3,4)27)22(34-26(17)19-12-8-9-13-21(19)30(2)25(26)33)14-15-31-16-20(28-29-31)23(32)18-10-6-5-7-11-18/h5-13,16-17,22-24,32H,14-15H2,1-4H3/t17-,22+,23-,24-,26+/m1/s1. The zero-order valence-corrected chi connectivity index (χ0v) is 21.4. The highest BCUT2D eigenvalue weighted by Crippen LogP contribution is 2.59. The summed E-state index contributed by atoms with van der Waals surface area (Å²) in [6.45, 7) is 5.79. The predicted molar refractivity (Wildman–Crippen MR) is 133 cm³/mol. The van der Waals surface area contributed by atoms with Gasteiger partial charge in [0.25, 0.3) is 5.91 Å². The maximum Gasteiger partial charge on any atom is 0.264 e. The molecule has 2 aromatic carbocycles. The van der Waals surface area contributed by atoms with E-state index in [4.69, 9.17) is 4.74 Å². The SMILES string of the molecule is C[C@@H]1[C@@H]([Si](C)(C)F)[C@H](CCn2cc([C@H](O)c3ccccc3)nn2)O[C@@]12C(=O)N(C)c1ccccc12. The number of fused-ring (bicyclic) bond motifs is 2. The number of hydrogen-bond donors (Lipinski definition) is 1. The van der Waals surface area contributed by atoms with E-state index in [2.05, 4.69) is 10.3 Å². The van der Waals surface area contributed by atoms with Crippen molar-refractivity contribution in [3.05, 3.63) is 77.6 Å². The highest BCUT2D eigenvalue weighted by atomic mass is 28.4. The number of rotatable bonds is 6. The molecule has 5 rings (SSSR count). The zero-order chi connectivity index (χ0) is 25.0. The number of likely N-dealkylation sites (N-methyl/N-ethyl adjacent to an activating group) is 1. The number of aliphatic hydroxyl groups excluding tert-OH is 1. The van der Waals surface area contributed by atoms with Crippen LogP contribution < -0.4 is 4.90 Å². The van der Waals surface area contributed by atoms with Crippen LogP contribution >= 0.6 is 0 Å². The van der Waals surface area contributed by atoms with Gasteiger partial charge >= 0.3 is 0 Å². The van der Waals surface area contributed by atoms with Crippen LogP contribution in [0, 0.1) is 5.92 Å². The number of amides is 1. The third kappa shape index (κ3) is 3.82. The van der Waals surface area contributed by atoms with Gasteiger partial charge in [0.15, 0.2) is 5.60 Å². The van der Waals surface area contributed by atoms with Gasteiger partial charge < -0.3 is 18.9 Å². The molecular weight excluding hydrogens is 463 g/mol. The van der Waals surface area contributed by atoms with E-state index in [-0.39, 0.29) is 17.4 Å². The minimum Gasteiger partial charge on any atom is -0.382 e. The molecule has 2 aliphatic heterocycles. The molecule has 2 aliphatic rings. The van der Waals surface area contributed by atoms with Crippen LogP contribution in [0.2, 0.25) is 18.6 Å². The fourth-order valence-electron chi connectivity index (χ4n) is 5.99. The highest BCUT2D eigenvalue weighted by molar-refractivity contribution is 6.72. The summed E-state index contributed by atoms with van der Waals surface area (Å²) in [5.74, 6) is -0.435. The second-order valence-electron chi connectivity index (χ2n) is 10.2. The minimum absolute atomic E-state index is 0.133. The van der Waals surface area contributed by atoms with Gasteiger partial charge in [-0.1, -0.05) is 60.7 Å². The van der Waals surface area contributed by atoms with E-state index in [9.17, 15) is 9.90 Å². The van der Waals surface area contributed by atoms with Crippen molar-refractivity contribution < 1.29 is 18.7 Å². The van der Waals surface area contributed by atoms with Crippen molar-refractivity contribution in [2.24, 2.45) is 5.92 Å². The van der Waals surface area contributed by atoms with E-state index in [0.717, 1.165) is 16.8 Å². The Labute approximate surface area is 205 Å². The molecule has 5 atom stereocenters. The van der Waals surface area contributed by atoms with Gasteiger partial charge in [-0.25, -0.2) is 0 Å². The average Bonchev–Trinajstić information content (AvgIpc) is 3.49. The van der Waals surface area contributed by atoms with Gasteiger partial charge in [0.05, 0.1) is 18.0 Å². The van der Waals surface area contributed by atoms with Gasteiger partial charge in [0.2, 0.25) is 8.41 Å². The largest absolute Gasteiger partial charge is 0.382 e. The van der Waals surface area contributed by atoms with Gasteiger partial charge in [-0.2, -0.15) is 0 Å². The van der Waals surface area contributed by atoms with Gasteiger partial charge in [-0.15, -0.1) is 5.10 Å². The Hall–Kier alpha value is -2.88. The lowest BCUT2D eigenvalue weighted by molar-refractivity contribution is -0.145. The quantitative estimate of drug-likeness (QED) is 0.410. The third-order valence-electron chi connectivity index (χ3n) is 7.59. The Morgan fingerprint density at radius 2 is 1.86 bits per heavy atom. The van der Waals surface area contributed by atoms with E-state index in [1.54, 1.807) is 35.9 Å². The van der Waals surface area contributed by atoms with Gasteiger partial charge in [-0.3, -0.25) is 9.48 Å². The maximum atomic E-state index is 15.7. The molecule has 3 heterocycles. The molecule has 0 radical (unpaired) electrons. The van der Waals surface area contributed by atoms with Crippen molar-refractivity contribution in [2.75, 3.05) is 11.9 Å². The van der Waals surface area contributed by atoms with Crippen LogP contribution in [0.3, 0.4) is 0 Å².